The topological polar surface area (TPSA) is 70.9 Å². The average molecular weight is 167 g/mol. The van der Waals surface area contributed by atoms with E-state index in [4.69, 9.17) is 5.84 Å². The Morgan fingerprint density at radius 2 is 2.33 bits per heavy atom. The molecule has 1 aromatic heterocycles. The van der Waals surface area contributed by atoms with Gasteiger partial charge in [-0.1, -0.05) is 0 Å². The highest BCUT2D eigenvalue weighted by molar-refractivity contribution is 5.86. The first kappa shape index (κ1) is 8.80. The normalized spacial score (nSPS) is 11.2. The molecule has 0 bridgehead atoms. The summed E-state index contributed by atoms with van der Waals surface area (Å²) in [5.74, 6) is 4.85. The molecule has 0 saturated heterocycles. The fourth-order valence-electron chi connectivity index (χ4n) is 1.02. The molecular formula is C8H13N3O. The summed E-state index contributed by atoms with van der Waals surface area (Å²) in [6.45, 7) is 3.61. The van der Waals surface area contributed by atoms with E-state index in [0.29, 0.717) is 0 Å². The van der Waals surface area contributed by atoms with Crippen LogP contribution in [0.25, 0.3) is 0 Å². The number of nitrogens with two attached hydrogens (primary N) is 1. The van der Waals surface area contributed by atoms with Crippen molar-refractivity contribution in [2.75, 3.05) is 0 Å². The van der Waals surface area contributed by atoms with Crippen molar-refractivity contribution in [3.63, 3.8) is 0 Å². The maximum absolute atomic E-state index is 11.3. The van der Waals surface area contributed by atoms with Crippen LogP contribution >= 0.6 is 0 Å². The van der Waals surface area contributed by atoms with Crippen LogP contribution in [0.3, 0.4) is 0 Å². The van der Waals surface area contributed by atoms with Crippen LogP contribution in [0.4, 0.5) is 0 Å². The summed E-state index contributed by atoms with van der Waals surface area (Å²) in [5.41, 5.74) is 2.39. The van der Waals surface area contributed by atoms with E-state index in [1.165, 1.54) is 0 Å². The van der Waals surface area contributed by atoms with Gasteiger partial charge in [0.05, 0.1) is 5.41 Å². The Bertz CT molecular complexity index is 264. The van der Waals surface area contributed by atoms with Gasteiger partial charge in [-0.25, -0.2) is 5.84 Å². The van der Waals surface area contributed by atoms with E-state index in [9.17, 15) is 4.79 Å². The third-order valence-electron chi connectivity index (χ3n) is 1.97. The molecule has 4 nitrogen and oxygen atoms in total. The first-order valence-corrected chi connectivity index (χ1v) is 3.74. The van der Waals surface area contributed by atoms with Gasteiger partial charge in [0, 0.05) is 11.9 Å². The third kappa shape index (κ3) is 1.33. The Balaban J connectivity index is 2.93. The minimum absolute atomic E-state index is 0.204. The third-order valence-corrected chi connectivity index (χ3v) is 1.97. The van der Waals surface area contributed by atoms with Crippen molar-refractivity contribution in [2.24, 2.45) is 5.84 Å². The summed E-state index contributed by atoms with van der Waals surface area (Å²) in [6, 6.07) is 3.70. The molecule has 0 unspecified atom stereocenters. The van der Waals surface area contributed by atoms with Gasteiger partial charge < -0.3 is 4.98 Å². The van der Waals surface area contributed by atoms with Gasteiger partial charge in [-0.2, -0.15) is 0 Å². The molecule has 0 aliphatic carbocycles. The van der Waals surface area contributed by atoms with Crippen molar-refractivity contribution < 1.29 is 4.79 Å². The van der Waals surface area contributed by atoms with E-state index in [1.54, 1.807) is 20.0 Å². The molecule has 12 heavy (non-hydrogen) atoms. The molecule has 1 amide bonds. The predicted molar refractivity (Wildman–Crippen MR) is 46.1 cm³/mol. The van der Waals surface area contributed by atoms with Crippen LogP contribution < -0.4 is 11.3 Å². The quantitative estimate of drug-likeness (QED) is 0.336. The molecule has 0 aliphatic rings. The van der Waals surface area contributed by atoms with Crippen LogP contribution in [0.1, 0.15) is 19.5 Å². The number of carbonyl (C=O) groups is 1. The van der Waals surface area contributed by atoms with Crippen LogP contribution in [0.5, 0.6) is 0 Å². The van der Waals surface area contributed by atoms with Gasteiger partial charge in [0.15, 0.2) is 0 Å². The molecule has 1 aromatic rings. The summed E-state index contributed by atoms with van der Waals surface area (Å²) in [4.78, 5) is 14.3. The molecule has 0 saturated carbocycles. The lowest BCUT2D eigenvalue weighted by molar-refractivity contribution is -0.125. The standard InChI is InChI=1S/C8H13N3O/c1-8(2,7(12)11-9)6-4-3-5-10-6/h3-5,10H,9H2,1-2H3,(H,11,12). The van der Waals surface area contributed by atoms with E-state index in [1.807, 2.05) is 12.1 Å². The number of carbonyl (C=O) groups excluding carboxylic acids is 1. The lowest BCUT2D eigenvalue weighted by Gasteiger charge is -2.20. The summed E-state index contributed by atoms with van der Waals surface area (Å²) in [7, 11) is 0. The number of hydrazine groups is 1. The Morgan fingerprint density at radius 3 is 2.75 bits per heavy atom. The molecule has 0 spiro atoms. The summed E-state index contributed by atoms with van der Waals surface area (Å²) in [5, 5.41) is 0. The summed E-state index contributed by atoms with van der Waals surface area (Å²) >= 11 is 0. The van der Waals surface area contributed by atoms with Crippen molar-refractivity contribution in [1.82, 2.24) is 10.4 Å². The highest BCUT2D eigenvalue weighted by Gasteiger charge is 2.29. The Hall–Kier alpha value is -1.29. The average Bonchev–Trinajstić information content (AvgIpc) is 2.55. The molecular weight excluding hydrogens is 154 g/mol. The second kappa shape index (κ2) is 2.98. The Kier molecular flexibility index (Phi) is 2.19. The monoisotopic (exact) mass is 167 g/mol. The number of H-pyrrole nitrogens is 1. The Labute approximate surface area is 71.1 Å². The molecule has 4 heteroatoms. The van der Waals surface area contributed by atoms with Crippen LogP contribution in [0.15, 0.2) is 18.3 Å². The van der Waals surface area contributed by atoms with Crippen molar-refractivity contribution in [2.45, 2.75) is 19.3 Å². The van der Waals surface area contributed by atoms with Gasteiger partial charge in [-0.15, -0.1) is 0 Å². The van der Waals surface area contributed by atoms with E-state index in [2.05, 4.69) is 10.4 Å². The van der Waals surface area contributed by atoms with E-state index in [-0.39, 0.29) is 5.91 Å². The maximum Gasteiger partial charge on any atom is 0.245 e. The number of rotatable bonds is 2. The van der Waals surface area contributed by atoms with Gasteiger partial charge in [-0.05, 0) is 26.0 Å². The lowest BCUT2D eigenvalue weighted by Crippen LogP contribution is -2.43. The van der Waals surface area contributed by atoms with Gasteiger partial charge in [0.1, 0.15) is 0 Å². The number of aromatic amines is 1. The minimum atomic E-state index is -0.599. The Morgan fingerprint density at radius 1 is 1.67 bits per heavy atom. The van der Waals surface area contributed by atoms with Crippen LogP contribution in [-0.4, -0.2) is 10.9 Å². The molecule has 1 rings (SSSR count). The molecule has 4 N–H and O–H groups in total. The van der Waals surface area contributed by atoms with Gasteiger partial charge >= 0.3 is 0 Å². The minimum Gasteiger partial charge on any atom is -0.364 e. The van der Waals surface area contributed by atoms with E-state index < -0.39 is 5.41 Å². The first-order valence-electron chi connectivity index (χ1n) is 3.74. The van der Waals surface area contributed by atoms with Crippen molar-refractivity contribution in [3.05, 3.63) is 24.0 Å². The van der Waals surface area contributed by atoms with Gasteiger partial charge in [0.25, 0.3) is 0 Å². The largest absolute Gasteiger partial charge is 0.364 e. The second-order valence-electron chi connectivity index (χ2n) is 3.18. The molecule has 0 aliphatic heterocycles. The van der Waals surface area contributed by atoms with Gasteiger partial charge in [0.2, 0.25) is 5.91 Å². The smallest absolute Gasteiger partial charge is 0.245 e. The van der Waals surface area contributed by atoms with Crippen molar-refractivity contribution in [1.29, 1.82) is 0 Å². The highest BCUT2D eigenvalue weighted by Crippen LogP contribution is 2.20. The maximum atomic E-state index is 11.3. The van der Waals surface area contributed by atoms with Crippen LogP contribution in [0, 0.1) is 0 Å². The fourth-order valence-corrected chi connectivity index (χ4v) is 1.02. The van der Waals surface area contributed by atoms with Crippen molar-refractivity contribution in [3.8, 4) is 0 Å². The van der Waals surface area contributed by atoms with E-state index >= 15 is 0 Å². The van der Waals surface area contributed by atoms with Crippen LogP contribution in [0.2, 0.25) is 0 Å². The molecule has 1 heterocycles. The highest BCUT2D eigenvalue weighted by atomic mass is 16.2. The number of hydrogen-bond donors (Lipinski definition) is 3. The molecule has 0 aromatic carbocycles. The SMILES string of the molecule is CC(C)(C(=O)NN)c1ccc[nH]1. The first-order chi connectivity index (χ1) is 5.59. The predicted octanol–water partition coefficient (Wildman–Crippen LogP) is 0.282. The second-order valence-corrected chi connectivity index (χ2v) is 3.18. The number of amides is 1. The summed E-state index contributed by atoms with van der Waals surface area (Å²) < 4.78 is 0. The zero-order chi connectivity index (χ0) is 9.19. The van der Waals surface area contributed by atoms with Gasteiger partial charge in [-0.3, -0.25) is 10.2 Å². The number of aromatic nitrogens is 1. The van der Waals surface area contributed by atoms with Crippen molar-refractivity contribution >= 4 is 5.91 Å². The lowest BCUT2D eigenvalue weighted by atomic mass is 9.89. The number of hydrogen-bond acceptors (Lipinski definition) is 2. The zero-order valence-electron chi connectivity index (χ0n) is 7.22. The van der Waals surface area contributed by atoms with Crippen LogP contribution in [-0.2, 0) is 10.2 Å². The number of nitrogens with one attached hydrogen (secondary N) is 2. The summed E-state index contributed by atoms with van der Waals surface area (Å²) in [6.07, 6.45) is 1.78. The molecule has 0 atom stereocenters. The molecule has 66 valence electrons. The fraction of sp³-hybridized carbons (Fsp3) is 0.375. The van der Waals surface area contributed by atoms with E-state index in [0.717, 1.165) is 5.69 Å². The molecule has 0 fully saturated rings. The zero-order valence-corrected chi connectivity index (χ0v) is 7.22. The molecule has 0 radical (unpaired) electrons.